The van der Waals surface area contributed by atoms with Gasteiger partial charge in [-0.1, -0.05) is 13.8 Å². The summed E-state index contributed by atoms with van der Waals surface area (Å²) in [4.78, 5) is 2.61. The van der Waals surface area contributed by atoms with E-state index in [9.17, 15) is 0 Å². The zero-order valence-electron chi connectivity index (χ0n) is 13.0. The highest BCUT2D eigenvalue weighted by molar-refractivity contribution is 4.80. The molecule has 0 aromatic carbocycles. The van der Waals surface area contributed by atoms with E-state index in [0.29, 0.717) is 6.04 Å². The van der Waals surface area contributed by atoms with Gasteiger partial charge in [-0.2, -0.15) is 0 Å². The van der Waals surface area contributed by atoms with Gasteiger partial charge in [0.2, 0.25) is 0 Å². The van der Waals surface area contributed by atoms with Crippen LogP contribution in [0.3, 0.4) is 0 Å². The number of hydrogen-bond donors (Lipinski definition) is 1. The molecular weight excluding hydrogens is 224 g/mol. The van der Waals surface area contributed by atoms with E-state index in [1.54, 1.807) is 0 Å². The van der Waals surface area contributed by atoms with E-state index >= 15 is 0 Å². The van der Waals surface area contributed by atoms with Crippen molar-refractivity contribution in [3.8, 4) is 0 Å². The molecule has 0 spiro atoms. The molecule has 0 aromatic rings. The highest BCUT2D eigenvalue weighted by Gasteiger charge is 2.22. The third-order valence-electron chi connectivity index (χ3n) is 3.85. The third kappa shape index (κ3) is 6.17. The van der Waals surface area contributed by atoms with Crippen molar-refractivity contribution < 1.29 is 4.74 Å². The maximum atomic E-state index is 5.52. The molecule has 1 N–H and O–H groups in total. The van der Waals surface area contributed by atoms with Gasteiger partial charge in [-0.3, -0.25) is 0 Å². The predicted octanol–water partition coefficient (Wildman–Crippen LogP) is 2.51. The minimum absolute atomic E-state index is 0.00165. The molecule has 3 heteroatoms. The van der Waals surface area contributed by atoms with Crippen LogP contribution < -0.4 is 5.32 Å². The molecule has 0 radical (unpaired) electrons. The Labute approximate surface area is 113 Å². The molecule has 0 aromatic heterocycles. The molecule has 0 saturated carbocycles. The summed E-state index contributed by atoms with van der Waals surface area (Å²) in [6, 6.07) is 0.703. The Morgan fingerprint density at radius 2 is 2.11 bits per heavy atom. The topological polar surface area (TPSA) is 24.5 Å². The van der Waals surface area contributed by atoms with E-state index in [1.807, 2.05) is 7.11 Å². The van der Waals surface area contributed by atoms with Crippen LogP contribution in [0, 0.1) is 5.92 Å². The molecule has 3 nitrogen and oxygen atoms in total. The highest BCUT2D eigenvalue weighted by Crippen LogP contribution is 2.15. The molecule has 1 aliphatic heterocycles. The van der Waals surface area contributed by atoms with Crippen molar-refractivity contribution in [2.24, 2.45) is 5.92 Å². The first-order valence-electron chi connectivity index (χ1n) is 7.44. The van der Waals surface area contributed by atoms with Crippen LogP contribution in [0.5, 0.6) is 0 Å². The molecule has 108 valence electrons. The Morgan fingerprint density at radius 3 is 2.61 bits per heavy atom. The molecule has 1 heterocycles. The summed E-state index contributed by atoms with van der Waals surface area (Å²) in [7, 11) is 1.81. The van der Waals surface area contributed by atoms with Crippen LogP contribution in [-0.4, -0.2) is 49.8 Å². The third-order valence-corrected chi connectivity index (χ3v) is 3.85. The Bertz CT molecular complexity index is 223. The Kier molecular flexibility index (Phi) is 6.61. The van der Waals surface area contributed by atoms with Crippen molar-refractivity contribution in [3.05, 3.63) is 0 Å². The Balaban J connectivity index is 2.39. The van der Waals surface area contributed by atoms with Gasteiger partial charge in [0.15, 0.2) is 0 Å². The number of nitrogens with one attached hydrogen (secondary N) is 1. The van der Waals surface area contributed by atoms with Crippen LogP contribution in [0.4, 0.5) is 0 Å². The van der Waals surface area contributed by atoms with Crippen molar-refractivity contribution in [1.29, 1.82) is 0 Å². The fourth-order valence-electron chi connectivity index (χ4n) is 2.53. The second-order valence-corrected chi connectivity index (χ2v) is 6.66. The SMILES string of the molecule is COC(C)(C)CCN(CC(C)C)CC1CCCN1. The van der Waals surface area contributed by atoms with Crippen LogP contribution in [0.2, 0.25) is 0 Å². The van der Waals surface area contributed by atoms with E-state index in [-0.39, 0.29) is 5.60 Å². The van der Waals surface area contributed by atoms with Gasteiger partial charge in [-0.15, -0.1) is 0 Å². The zero-order chi connectivity index (χ0) is 13.6. The summed E-state index contributed by atoms with van der Waals surface area (Å²) in [5.41, 5.74) is -0.00165. The maximum Gasteiger partial charge on any atom is 0.0634 e. The van der Waals surface area contributed by atoms with E-state index in [2.05, 4.69) is 37.9 Å². The number of rotatable bonds is 8. The molecule has 1 saturated heterocycles. The minimum atomic E-state index is -0.00165. The van der Waals surface area contributed by atoms with Crippen LogP contribution in [0.1, 0.15) is 47.0 Å². The lowest BCUT2D eigenvalue weighted by Gasteiger charge is -2.31. The molecular formula is C15H32N2O. The summed E-state index contributed by atoms with van der Waals surface area (Å²) in [5, 5.41) is 3.60. The molecule has 0 amide bonds. The molecule has 1 fully saturated rings. The number of ether oxygens (including phenoxy) is 1. The molecule has 1 aliphatic rings. The molecule has 1 atom stereocenters. The quantitative estimate of drug-likeness (QED) is 0.722. The lowest BCUT2D eigenvalue weighted by atomic mass is 10.0. The van der Waals surface area contributed by atoms with E-state index in [0.717, 1.165) is 18.9 Å². The van der Waals surface area contributed by atoms with E-state index in [4.69, 9.17) is 4.74 Å². The van der Waals surface area contributed by atoms with Gasteiger partial charge in [-0.25, -0.2) is 0 Å². The summed E-state index contributed by atoms with van der Waals surface area (Å²) < 4.78 is 5.52. The summed E-state index contributed by atoms with van der Waals surface area (Å²) in [6.07, 6.45) is 3.77. The second kappa shape index (κ2) is 7.46. The minimum Gasteiger partial charge on any atom is -0.379 e. The van der Waals surface area contributed by atoms with Gasteiger partial charge in [0.05, 0.1) is 5.60 Å². The number of methoxy groups -OCH3 is 1. The fraction of sp³-hybridized carbons (Fsp3) is 1.00. The van der Waals surface area contributed by atoms with E-state index in [1.165, 1.54) is 32.5 Å². The van der Waals surface area contributed by atoms with Crippen LogP contribution >= 0.6 is 0 Å². The van der Waals surface area contributed by atoms with Gasteiger partial charge in [0.1, 0.15) is 0 Å². The van der Waals surface area contributed by atoms with E-state index < -0.39 is 0 Å². The first-order chi connectivity index (χ1) is 8.43. The molecule has 0 bridgehead atoms. The Morgan fingerprint density at radius 1 is 1.39 bits per heavy atom. The van der Waals surface area contributed by atoms with Gasteiger partial charge in [-0.05, 0) is 45.6 Å². The lowest BCUT2D eigenvalue weighted by molar-refractivity contribution is 0.00604. The monoisotopic (exact) mass is 256 g/mol. The van der Waals surface area contributed by atoms with Gasteiger partial charge >= 0.3 is 0 Å². The predicted molar refractivity (Wildman–Crippen MR) is 78.0 cm³/mol. The average molecular weight is 256 g/mol. The molecule has 1 unspecified atom stereocenters. The molecule has 1 rings (SSSR count). The molecule has 0 aliphatic carbocycles. The van der Waals surface area contributed by atoms with Crippen molar-refractivity contribution >= 4 is 0 Å². The van der Waals surface area contributed by atoms with Crippen molar-refractivity contribution in [3.63, 3.8) is 0 Å². The van der Waals surface area contributed by atoms with Crippen LogP contribution in [0.25, 0.3) is 0 Å². The summed E-state index contributed by atoms with van der Waals surface area (Å²) in [5.74, 6) is 0.733. The summed E-state index contributed by atoms with van der Waals surface area (Å²) >= 11 is 0. The second-order valence-electron chi connectivity index (χ2n) is 6.66. The van der Waals surface area contributed by atoms with Crippen LogP contribution in [-0.2, 0) is 4.74 Å². The molecule has 18 heavy (non-hydrogen) atoms. The first-order valence-corrected chi connectivity index (χ1v) is 7.44. The van der Waals surface area contributed by atoms with Crippen molar-refractivity contribution in [2.75, 3.05) is 33.3 Å². The first kappa shape index (κ1) is 15.9. The van der Waals surface area contributed by atoms with Crippen LogP contribution in [0.15, 0.2) is 0 Å². The Hall–Kier alpha value is -0.120. The van der Waals surface area contributed by atoms with Gasteiger partial charge < -0.3 is 15.0 Å². The fourth-order valence-corrected chi connectivity index (χ4v) is 2.53. The normalized spacial score (nSPS) is 21.2. The zero-order valence-corrected chi connectivity index (χ0v) is 13.0. The smallest absolute Gasteiger partial charge is 0.0634 e. The summed E-state index contributed by atoms with van der Waals surface area (Å²) in [6.45, 7) is 13.7. The standard InChI is InChI=1S/C15H32N2O/c1-13(2)11-17(10-8-15(3,4)18-5)12-14-7-6-9-16-14/h13-14,16H,6-12H2,1-5H3. The lowest BCUT2D eigenvalue weighted by Crippen LogP contribution is -2.41. The average Bonchev–Trinajstić information content (AvgIpc) is 2.78. The maximum absolute atomic E-state index is 5.52. The highest BCUT2D eigenvalue weighted by atomic mass is 16.5. The van der Waals surface area contributed by atoms with Gasteiger partial charge in [0, 0.05) is 32.8 Å². The van der Waals surface area contributed by atoms with Gasteiger partial charge in [0.25, 0.3) is 0 Å². The van der Waals surface area contributed by atoms with Crippen molar-refractivity contribution in [2.45, 2.75) is 58.6 Å². The largest absolute Gasteiger partial charge is 0.379 e. The van der Waals surface area contributed by atoms with Crippen molar-refractivity contribution in [1.82, 2.24) is 10.2 Å². The number of nitrogens with zero attached hydrogens (tertiary/aromatic N) is 1. The number of hydrogen-bond acceptors (Lipinski definition) is 3.